The third-order valence-corrected chi connectivity index (χ3v) is 5.11. The molecule has 0 saturated heterocycles. The first kappa shape index (κ1) is 20.8. The highest BCUT2D eigenvalue weighted by atomic mass is 16.5. The number of nitrogens with zero attached hydrogens (tertiary/aromatic N) is 2. The van der Waals surface area contributed by atoms with Crippen LogP contribution in [0.5, 0.6) is 0 Å². The van der Waals surface area contributed by atoms with Gasteiger partial charge in [0.25, 0.3) is 5.91 Å². The summed E-state index contributed by atoms with van der Waals surface area (Å²) in [5.74, 6) is -1.16. The summed E-state index contributed by atoms with van der Waals surface area (Å²) in [6.07, 6.45) is 6.71. The molecule has 1 aliphatic carbocycles. The lowest BCUT2D eigenvalue weighted by Gasteiger charge is -2.26. The zero-order valence-corrected chi connectivity index (χ0v) is 16.7. The second-order valence-corrected chi connectivity index (χ2v) is 7.10. The number of aryl methyl sites for hydroxylation is 1. The Hall–Kier alpha value is -2.55. The quantitative estimate of drug-likeness (QED) is 0.470. The molecule has 1 fully saturated rings. The van der Waals surface area contributed by atoms with Crippen molar-refractivity contribution in [1.82, 2.24) is 9.88 Å². The topological polar surface area (TPSA) is 84.1 Å². The fraction of sp³-hybridized carbons (Fsp3) is 0.571. The Kier molecular flexibility index (Phi) is 7.23. The molecule has 6 heteroatoms. The van der Waals surface area contributed by atoms with E-state index in [0.717, 1.165) is 29.8 Å². The highest BCUT2D eigenvalue weighted by molar-refractivity contribution is 5.99. The first-order chi connectivity index (χ1) is 12.9. The molecule has 1 N–H and O–H groups in total. The number of nitrogens with one attached hydrogen (secondary N) is 1. The van der Waals surface area contributed by atoms with Gasteiger partial charge in [0.1, 0.15) is 11.6 Å². The highest BCUT2D eigenvalue weighted by Gasteiger charge is 2.22. The minimum atomic E-state index is -0.941. The largest absolute Gasteiger partial charge is 0.448 e. The minimum absolute atomic E-state index is 0.102. The molecule has 1 aromatic heterocycles. The molecule has 6 nitrogen and oxygen atoms in total. The number of aromatic nitrogens is 1. The monoisotopic (exact) mass is 371 g/mol. The van der Waals surface area contributed by atoms with Crippen LogP contribution in [0.3, 0.4) is 0 Å². The molecule has 27 heavy (non-hydrogen) atoms. The second-order valence-electron chi connectivity index (χ2n) is 7.10. The van der Waals surface area contributed by atoms with Crippen LogP contribution in [0.2, 0.25) is 0 Å². The first-order valence-corrected chi connectivity index (χ1v) is 9.67. The van der Waals surface area contributed by atoms with E-state index in [2.05, 4.69) is 16.8 Å². The number of carbonyl (C=O) groups is 2. The molecule has 2 rings (SSSR count). The number of hydrogen-bond acceptors (Lipinski definition) is 4. The summed E-state index contributed by atoms with van der Waals surface area (Å²) in [4.78, 5) is 24.0. The number of nitriles is 1. The number of ether oxygens (including phenoxy) is 1. The molecule has 1 saturated carbocycles. The molecular weight excluding hydrogens is 342 g/mol. The summed E-state index contributed by atoms with van der Waals surface area (Å²) >= 11 is 0. The van der Waals surface area contributed by atoms with Crippen molar-refractivity contribution in [3.8, 4) is 6.07 Å². The normalized spacial score (nSPS) is 16.5. The number of likely N-dealkylation sites (N-methyl/N-ethyl adjacent to an activating group) is 1. The van der Waals surface area contributed by atoms with Crippen LogP contribution in [-0.2, 0) is 14.3 Å². The molecule has 1 aliphatic rings. The average Bonchev–Trinajstić information content (AvgIpc) is 2.93. The van der Waals surface area contributed by atoms with Crippen molar-refractivity contribution in [1.29, 1.82) is 5.26 Å². The molecule has 0 aliphatic heterocycles. The van der Waals surface area contributed by atoms with Crippen molar-refractivity contribution in [2.75, 3.05) is 6.54 Å². The van der Waals surface area contributed by atoms with Crippen LogP contribution in [0, 0.1) is 25.2 Å². The van der Waals surface area contributed by atoms with Gasteiger partial charge in [0.15, 0.2) is 6.10 Å². The van der Waals surface area contributed by atoms with Crippen molar-refractivity contribution in [2.45, 2.75) is 71.9 Å². The van der Waals surface area contributed by atoms with Crippen molar-refractivity contribution < 1.29 is 14.3 Å². The van der Waals surface area contributed by atoms with E-state index in [1.807, 2.05) is 19.1 Å². The third-order valence-electron chi connectivity index (χ3n) is 5.11. The van der Waals surface area contributed by atoms with Gasteiger partial charge < -0.3 is 14.6 Å². The Bertz CT molecular complexity index is 764. The van der Waals surface area contributed by atoms with Gasteiger partial charge in [-0.25, -0.2) is 4.79 Å². The van der Waals surface area contributed by atoms with Crippen LogP contribution in [0.4, 0.5) is 0 Å². The van der Waals surface area contributed by atoms with E-state index < -0.39 is 12.1 Å². The zero-order chi connectivity index (χ0) is 20.0. The van der Waals surface area contributed by atoms with Gasteiger partial charge in [-0.1, -0.05) is 19.3 Å². The molecule has 0 bridgehead atoms. The van der Waals surface area contributed by atoms with Crippen LogP contribution in [0.25, 0.3) is 6.08 Å². The summed E-state index contributed by atoms with van der Waals surface area (Å²) in [6.45, 7) is 7.81. The van der Waals surface area contributed by atoms with E-state index in [1.54, 1.807) is 13.0 Å². The fourth-order valence-corrected chi connectivity index (χ4v) is 3.74. The van der Waals surface area contributed by atoms with E-state index in [1.165, 1.54) is 26.2 Å². The third kappa shape index (κ3) is 5.00. The van der Waals surface area contributed by atoms with Gasteiger partial charge in [0.05, 0.1) is 0 Å². The summed E-state index contributed by atoms with van der Waals surface area (Å²) in [5.41, 5.74) is 2.93. The number of hydrogen-bond donors (Lipinski definition) is 1. The molecule has 146 valence electrons. The fourth-order valence-electron chi connectivity index (χ4n) is 3.74. The van der Waals surface area contributed by atoms with Crippen LogP contribution in [0.1, 0.15) is 68.9 Å². The van der Waals surface area contributed by atoms with Gasteiger partial charge in [-0.05, 0) is 58.2 Å². The smallest absolute Gasteiger partial charge is 0.349 e. The minimum Gasteiger partial charge on any atom is -0.448 e. The SMILES string of the molecule is CCNC(=O)[C@H](C)OC(=O)/C(C#N)=C/c1cc(C)n(C2CCCCC2)c1C. The van der Waals surface area contributed by atoms with Crippen molar-refractivity contribution in [2.24, 2.45) is 0 Å². The molecule has 1 atom stereocenters. The number of carbonyl (C=O) groups excluding carboxylic acids is 2. The lowest BCUT2D eigenvalue weighted by Crippen LogP contribution is -2.35. The summed E-state index contributed by atoms with van der Waals surface area (Å²) in [6, 6.07) is 4.39. The van der Waals surface area contributed by atoms with Crippen molar-refractivity contribution in [3.63, 3.8) is 0 Å². The Morgan fingerprint density at radius 2 is 2.04 bits per heavy atom. The van der Waals surface area contributed by atoms with Crippen molar-refractivity contribution in [3.05, 3.63) is 28.6 Å². The Morgan fingerprint density at radius 1 is 1.37 bits per heavy atom. The first-order valence-electron chi connectivity index (χ1n) is 9.67. The lowest BCUT2D eigenvalue weighted by molar-refractivity contribution is -0.150. The lowest BCUT2D eigenvalue weighted by atomic mass is 9.95. The standard InChI is InChI=1S/C21H29N3O3/c1-5-23-20(25)16(4)27-21(26)18(13-22)12-17-11-14(2)24(15(17)3)19-9-7-6-8-10-19/h11-12,16,19H,5-10H2,1-4H3,(H,23,25)/b18-12+/t16-/m0/s1. The van der Waals surface area contributed by atoms with Crippen LogP contribution < -0.4 is 5.32 Å². The van der Waals surface area contributed by atoms with Gasteiger partial charge in [-0.2, -0.15) is 5.26 Å². The van der Waals surface area contributed by atoms with Gasteiger partial charge in [-0.3, -0.25) is 4.79 Å². The molecular formula is C21H29N3O3. The number of rotatable bonds is 6. The Labute approximate surface area is 161 Å². The predicted octanol–water partition coefficient (Wildman–Crippen LogP) is 3.58. The van der Waals surface area contributed by atoms with Crippen LogP contribution in [-0.4, -0.2) is 29.1 Å². The van der Waals surface area contributed by atoms with Gasteiger partial charge in [0.2, 0.25) is 0 Å². The average molecular weight is 371 g/mol. The second kappa shape index (κ2) is 9.40. The van der Waals surface area contributed by atoms with E-state index in [-0.39, 0.29) is 11.5 Å². The zero-order valence-electron chi connectivity index (χ0n) is 16.7. The summed E-state index contributed by atoms with van der Waals surface area (Å²) in [7, 11) is 0. The molecule has 0 aromatic carbocycles. The van der Waals surface area contributed by atoms with Crippen molar-refractivity contribution >= 4 is 18.0 Å². The van der Waals surface area contributed by atoms with E-state index >= 15 is 0 Å². The van der Waals surface area contributed by atoms with Gasteiger partial charge in [-0.15, -0.1) is 0 Å². The highest BCUT2D eigenvalue weighted by Crippen LogP contribution is 2.32. The van der Waals surface area contributed by atoms with Crippen LogP contribution >= 0.6 is 0 Å². The number of amides is 1. The molecule has 0 radical (unpaired) electrons. The van der Waals surface area contributed by atoms with Gasteiger partial charge in [0, 0.05) is 24.0 Å². The Balaban J connectivity index is 2.21. The summed E-state index contributed by atoms with van der Waals surface area (Å²) < 4.78 is 7.46. The maximum Gasteiger partial charge on any atom is 0.349 e. The molecule has 0 unspecified atom stereocenters. The predicted molar refractivity (Wildman–Crippen MR) is 104 cm³/mol. The summed E-state index contributed by atoms with van der Waals surface area (Å²) in [5, 5.41) is 12.0. The van der Waals surface area contributed by atoms with Gasteiger partial charge >= 0.3 is 5.97 Å². The molecule has 1 amide bonds. The van der Waals surface area contributed by atoms with E-state index in [0.29, 0.717) is 12.6 Å². The molecule has 1 heterocycles. The van der Waals surface area contributed by atoms with E-state index in [9.17, 15) is 14.9 Å². The maximum absolute atomic E-state index is 12.3. The molecule has 1 aromatic rings. The number of esters is 1. The maximum atomic E-state index is 12.3. The van der Waals surface area contributed by atoms with E-state index in [4.69, 9.17) is 4.74 Å². The molecule has 0 spiro atoms. The Morgan fingerprint density at radius 3 is 2.63 bits per heavy atom. The van der Waals surface area contributed by atoms with Crippen LogP contribution in [0.15, 0.2) is 11.6 Å².